The lowest BCUT2D eigenvalue weighted by atomic mass is 9.74. The molecule has 3 heterocycles. The molecular weight excluding hydrogens is 388 g/mol. The number of likely N-dealkylation sites (N-methyl/N-ethyl adjacent to an activating group) is 2. The van der Waals surface area contributed by atoms with Crippen molar-refractivity contribution in [3.8, 4) is 0 Å². The summed E-state index contributed by atoms with van der Waals surface area (Å²) < 4.78 is 0. The van der Waals surface area contributed by atoms with E-state index in [9.17, 15) is 4.79 Å². The monoisotopic (exact) mass is 420 g/mol. The number of anilines is 3. The van der Waals surface area contributed by atoms with Gasteiger partial charge in [0.2, 0.25) is 5.91 Å². The maximum atomic E-state index is 12.1. The van der Waals surface area contributed by atoms with Crippen molar-refractivity contribution in [2.24, 2.45) is 0 Å². The Morgan fingerprint density at radius 1 is 1.32 bits per heavy atom. The van der Waals surface area contributed by atoms with Gasteiger partial charge in [0.25, 0.3) is 0 Å². The highest BCUT2D eigenvalue weighted by Crippen LogP contribution is 2.53. The average Bonchev–Trinajstić information content (AvgIpc) is 3.33. The minimum Gasteiger partial charge on any atom is -0.365 e. The molecule has 1 aromatic heterocycles. The first-order chi connectivity index (χ1) is 15.0. The van der Waals surface area contributed by atoms with E-state index in [0.29, 0.717) is 12.5 Å². The first-order valence-electron chi connectivity index (χ1n) is 11.4. The van der Waals surface area contributed by atoms with Gasteiger partial charge in [0.1, 0.15) is 12.1 Å². The van der Waals surface area contributed by atoms with Gasteiger partial charge in [-0.2, -0.15) is 0 Å². The molecule has 1 unspecified atom stereocenters. The van der Waals surface area contributed by atoms with Crippen LogP contribution in [0.3, 0.4) is 0 Å². The van der Waals surface area contributed by atoms with E-state index in [0.717, 1.165) is 56.8 Å². The van der Waals surface area contributed by atoms with Crippen LogP contribution in [0.2, 0.25) is 0 Å². The molecule has 164 valence electrons. The third-order valence-corrected chi connectivity index (χ3v) is 7.44. The zero-order valence-corrected chi connectivity index (χ0v) is 18.7. The Bertz CT molecular complexity index is 1000. The number of carbonyl (C=O) groups is 1. The Labute approximate surface area is 184 Å². The predicted molar refractivity (Wildman–Crippen MR) is 123 cm³/mol. The number of fused-ring (bicyclic) bond motifs is 3. The summed E-state index contributed by atoms with van der Waals surface area (Å²) in [5, 5.41) is 6.29. The Balaban J connectivity index is 1.64. The smallest absolute Gasteiger partial charge is 0.239 e. The summed E-state index contributed by atoms with van der Waals surface area (Å²) in [5.41, 5.74) is 6.36. The van der Waals surface area contributed by atoms with Crippen molar-refractivity contribution in [3.63, 3.8) is 0 Å². The maximum absolute atomic E-state index is 12.1. The lowest BCUT2D eigenvalue weighted by Crippen LogP contribution is -2.43. The topological polar surface area (TPSA) is 73.4 Å². The average molecular weight is 421 g/mol. The first-order valence-corrected chi connectivity index (χ1v) is 11.4. The highest BCUT2D eigenvalue weighted by atomic mass is 16.1. The van der Waals surface area contributed by atoms with E-state index in [2.05, 4.69) is 50.5 Å². The minimum atomic E-state index is 0.0248. The summed E-state index contributed by atoms with van der Waals surface area (Å²) in [5.74, 6) is 1.59. The van der Waals surface area contributed by atoms with Crippen LogP contribution in [0.5, 0.6) is 0 Å². The molecule has 5 rings (SSSR count). The van der Waals surface area contributed by atoms with Crippen LogP contribution in [0, 0.1) is 0 Å². The van der Waals surface area contributed by atoms with Gasteiger partial charge in [-0.3, -0.25) is 4.79 Å². The van der Waals surface area contributed by atoms with Crippen molar-refractivity contribution in [2.75, 3.05) is 50.1 Å². The van der Waals surface area contributed by atoms with Gasteiger partial charge in [0.15, 0.2) is 0 Å². The number of hydrogen-bond donors (Lipinski definition) is 2. The summed E-state index contributed by atoms with van der Waals surface area (Å²) in [4.78, 5) is 26.1. The third kappa shape index (κ3) is 3.26. The van der Waals surface area contributed by atoms with Gasteiger partial charge in [0, 0.05) is 54.3 Å². The van der Waals surface area contributed by atoms with E-state index in [4.69, 9.17) is 4.98 Å². The predicted octanol–water partition coefficient (Wildman–Crippen LogP) is 2.48. The van der Waals surface area contributed by atoms with Crippen molar-refractivity contribution < 1.29 is 4.79 Å². The van der Waals surface area contributed by atoms with Crippen LogP contribution in [-0.2, 0) is 16.6 Å². The zero-order chi connectivity index (χ0) is 21.6. The summed E-state index contributed by atoms with van der Waals surface area (Å²) in [7, 11) is 3.71. The van der Waals surface area contributed by atoms with E-state index in [1.165, 1.54) is 22.5 Å². The SMILES string of the molecule is CNC(=O)CN(C)c1cccc2c1C1(CCNCC1)CN2c1ncnc2c1C(C)CC2. The van der Waals surface area contributed by atoms with E-state index in [1.807, 2.05) is 7.05 Å². The summed E-state index contributed by atoms with van der Waals surface area (Å²) in [6.07, 6.45) is 6.09. The first kappa shape index (κ1) is 20.2. The zero-order valence-electron chi connectivity index (χ0n) is 18.7. The lowest BCUT2D eigenvalue weighted by Gasteiger charge is -2.37. The molecule has 1 fully saturated rings. The number of nitrogens with zero attached hydrogens (tertiary/aromatic N) is 4. The van der Waals surface area contributed by atoms with Gasteiger partial charge < -0.3 is 20.4 Å². The van der Waals surface area contributed by atoms with Gasteiger partial charge >= 0.3 is 0 Å². The van der Waals surface area contributed by atoms with Gasteiger partial charge in [-0.25, -0.2) is 9.97 Å². The van der Waals surface area contributed by atoms with Gasteiger partial charge in [-0.1, -0.05) is 13.0 Å². The molecule has 1 aliphatic carbocycles. The second-order valence-corrected chi connectivity index (χ2v) is 9.31. The summed E-state index contributed by atoms with van der Waals surface area (Å²) in [6, 6.07) is 6.52. The molecule has 7 nitrogen and oxygen atoms in total. The van der Waals surface area contributed by atoms with Crippen LogP contribution >= 0.6 is 0 Å². The summed E-state index contributed by atoms with van der Waals surface area (Å²) >= 11 is 0. The van der Waals surface area contributed by atoms with Crippen molar-refractivity contribution in [1.82, 2.24) is 20.6 Å². The van der Waals surface area contributed by atoms with Crippen molar-refractivity contribution >= 4 is 23.1 Å². The number of benzene rings is 1. The number of hydrogen-bond acceptors (Lipinski definition) is 6. The van der Waals surface area contributed by atoms with E-state index in [-0.39, 0.29) is 11.3 Å². The molecule has 7 heteroatoms. The van der Waals surface area contributed by atoms with Gasteiger partial charge in [-0.15, -0.1) is 0 Å². The Kier molecular flexibility index (Phi) is 5.08. The number of nitrogens with one attached hydrogen (secondary N) is 2. The molecule has 3 aliphatic rings. The molecule has 2 N–H and O–H groups in total. The van der Waals surface area contributed by atoms with Crippen LogP contribution in [0.15, 0.2) is 24.5 Å². The highest BCUT2D eigenvalue weighted by molar-refractivity contribution is 5.84. The molecule has 1 atom stereocenters. The van der Waals surface area contributed by atoms with Crippen molar-refractivity contribution in [2.45, 2.75) is 43.9 Å². The van der Waals surface area contributed by atoms with Crippen LogP contribution < -0.4 is 20.4 Å². The second kappa shape index (κ2) is 7.79. The fraction of sp³-hybridized carbons (Fsp3) is 0.542. The molecule has 1 aromatic carbocycles. The van der Waals surface area contributed by atoms with Gasteiger partial charge in [-0.05, 0) is 56.8 Å². The van der Waals surface area contributed by atoms with E-state index in [1.54, 1.807) is 13.4 Å². The minimum absolute atomic E-state index is 0.0248. The number of piperidine rings is 1. The summed E-state index contributed by atoms with van der Waals surface area (Å²) in [6.45, 7) is 5.61. The Hall–Kier alpha value is -2.67. The Morgan fingerprint density at radius 3 is 2.90 bits per heavy atom. The van der Waals surface area contributed by atoms with E-state index >= 15 is 0 Å². The number of rotatable bonds is 4. The molecule has 2 aliphatic heterocycles. The normalized spacial score (nSPS) is 21.1. The van der Waals surface area contributed by atoms with Gasteiger partial charge in [0.05, 0.1) is 6.54 Å². The second-order valence-electron chi connectivity index (χ2n) is 9.31. The van der Waals surface area contributed by atoms with Crippen LogP contribution in [0.4, 0.5) is 17.2 Å². The highest BCUT2D eigenvalue weighted by Gasteiger charge is 2.47. The Morgan fingerprint density at radius 2 is 2.13 bits per heavy atom. The number of aryl methyl sites for hydroxylation is 1. The van der Waals surface area contributed by atoms with Crippen molar-refractivity contribution in [1.29, 1.82) is 0 Å². The van der Waals surface area contributed by atoms with E-state index < -0.39 is 0 Å². The molecule has 1 spiro atoms. The molecule has 1 saturated heterocycles. The number of amides is 1. The van der Waals surface area contributed by atoms with Crippen LogP contribution in [-0.4, -0.2) is 56.1 Å². The molecule has 0 saturated carbocycles. The fourth-order valence-corrected chi connectivity index (χ4v) is 5.80. The maximum Gasteiger partial charge on any atom is 0.239 e. The molecule has 31 heavy (non-hydrogen) atoms. The molecular formula is C24H32N6O. The molecule has 1 amide bonds. The quantitative estimate of drug-likeness (QED) is 0.792. The molecule has 0 bridgehead atoms. The molecule has 2 aromatic rings. The fourth-order valence-electron chi connectivity index (χ4n) is 5.80. The van der Waals surface area contributed by atoms with Crippen LogP contribution in [0.1, 0.15) is 48.9 Å². The largest absolute Gasteiger partial charge is 0.365 e. The molecule has 0 radical (unpaired) electrons. The number of carbonyl (C=O) groups excluding carboxylic acids is 1. The van der Waals surface area contributed by atoms with Crippen LogP contribution in [0.25, 0.3) is 0 Å². The third-order valence-electron chi connectivity index (χ3n) is 7.44. The number of aromatic nitrogens is 2. The standard InChI is InChI=1S/C24H32N6O/c1-16-7-8-17-21(16)23(28-15-27-17)30-14-24(9-11-26-12-10-24)22-18(5-4-6-19(22)30)29(3)13-20(31)25-2/h4-6,15-16,26H,7-14H2,1-3H3,(H,25,31). The van der Waals surface area contributed by atoms with Crippen molar-refractivity contribution in [3.05, 3.63) is 41.3 Å². The lowest BCUT2D eigenvalue weighted by molar-refractivity contribution is -0.119.